The van der Waals surface area contributed by atoms with E-state index in [-0.39, 0.29) is 12.3 Å². The third-order valence-corrected chi connectivity index (χ3v) is 3.73. The van der Waals surface area contributed by atoms with Gasteiger partial charge in [-0.05, 0) is 30.2 Å². The monoisotopic (exact) mass is 322 g/mol. The summed E-state index contributed by atoms with van der Waals surface area (Å²) >= 11 is 0. The molecule has 1 aromatic heterocycles. The van der Waals surface area contributed by atoms with Gasteiger partial charge >= 0.3 is 5.97 Å². The number of carbonyl (C=O) groups is 1. The van der Waals surface area contributed by atoms with E-state index in [2.05, 4.69) is 5.10 Å². The predicted molar refractivity (Wildman–Crippen MR) is 90.4 cm³/mol. The van der Waals surface area contributed by atoms with Gasteiger partial charge in [0.05, 0.1) is 19.0 Å². The molecule has 2 aromatic carbocycles. The van der Waals surface area contributed by atoms with Gasteiger partial charge in [-0.15, -0.1) is 0 Å². The highest BCUT2D eigenvalue weighted by atomic mass is 16.5. The number of nitrogens with zero attached hydrogens (tertiary/aromatic N) is 2. The Morgan fingerprint density at radius 3 is 2.50 bits per heavy atom. The molecule has 3 rings (SSSR count). The number of carbonyl (C=O) groups excluding carboxylic acids is 1. The van der Waals surface area contributed by atoms with Crippen LogP contribution in [0.2, 0.25) is 0 Å². The number of aryl methyl sites for hydroxylation is 1. The lowest BCUT2D eigenvalue weighted by Crippen LogP contribution is -2.09. The second kappa shape index (κ2) is 7.00. The Morgan fingerprint density at radius 2 is 1.79 bits per heavy atom. The summed E-state index contributed by atoms with van der Waals surface area (Å²) in [5.41, 5.74) is 3.04. The van der Waals surface area contributed by atoms with E-state index in [1.54, 1.807) is 10.9 Å². The maximum Gasteiger partial charge on any atom is 0.363 e. The summed E-state index contributed by atoms with van der Waals surface area (Å²) in [6, 6.07) is 17.3. The molecular weight excluding hydrogens is 304 g/mol. The summed E-state index contributed by atoms with van der Waals surface area (Å²) < 4.78 is 12.3. The minimum atomic E-state index is -0.509. The van der Waals surface area contributed by atoms with Crippen LogP contribution >= 0.6 is 0 Å². The molecule has 0 aliphatic rings. The van der Waals surface area contributed by atoms with Crippen LogP contribution in [0.15, 0.2) is 60.8 Å². The van der Waals surface area contributed by atoms with Gasteiger partial charge in [0, 0.05) is 0 Å². The molecule has 0 atom stereocenters. The van der Waals surface area contributed by atoms with Gasteiger partial charge in [0.15, 0.2) is 5.75 Å². The Morgan fingerprint density at radius 1 is 1.08 bits per heavy atom. The van der Waals surface area contributed by atoms with E-state index < -0.39 is 5.97 Å². The molecule has 0 unspecified atom stereocenters. The van der Waals surface area contributed by atoms with Crippen molar-refractivity contribution in [1.29, 1.82) is 0 Å². The Kier molecular flexibility index (Phi) is 4.61. The average molecular weight is 322 g/mol. The largest absolute Gasteiger partial charge is 0.493 e. The highest BCUT2D eigenvalue weighted by molar-refractivity contribution is 5.90. The van der Waals surface area contributed by atoms with E-state index in [9.17, 15) is 4.79 Å². The highest BCUT2D eigenvalue weighted by Crippen LogP contribution is 2.21. The minimum Gasteiger partial charge on any atom is -0.493 e. The molecule has 122 valence electrons. The van der Waals surface area contributed by atoms with Crippen LogP contribution < -0.4 is 4.74 Å². The van der Waals surface area contributed by atoms with Crippen molar-refractivity contribution in [2.24, 2.45) is 0 Å². The Balaban J connectivity index is 1.79. The van der Waals surface area contributed by atoms with Crippen molar-refractivity contribution < 1.29 is 14.3 Å². The summed E-state index contributed by atoms with van der Waals surface area (Å²) in [5, 5.41) is 4.30. The first-order chi connectivity index (χ1) is 11.7. The van der Waals surface area contributed by atoms with Crippen LogP contribution in [-0.4, -0.2) is 22.9 Å². The van der Waals surface area contributed by atoms with E-state index in [1.807, 2.05) is 61.5 Å². The molecule has 0 amide bonds. The zero-order valence-corrected chi connectivity index (χ0v) is 13.6. The minimum absolute atomic E-state index is 0.162. The molecule has 0 spiro atoms. The number of benzene rings is 2. The van der Waals surface area contributed by atoms with Crippen molar-refractivity contribution in [2.45, 2.75) is 13.5 Å². The van der Waals surface area contributed by atoms with E-state index in [0.29, 0.717) is 5.75 Å². The number of hydrogen-bond donors (Lipinski definition) is 0. The number of para-hydroxylation sites is 1. The molecule has 0 N–H and O–H groups in total. The first-order valence-electron chi connectivity index (χ1n) is 7.59. The number of ether oxygens (including phenoxy) is 2. The summed E-state index contributed by atoms with van der Waals surface area (Å²) in [5.74, 6) is -0.126. The zero-order chi connectivity index (χ0) is 16.9. The first-order valence-corrected chi connectivity index (χ1v) is 7.59. The topological polar surface area (TPSA) is 53.4 Å². The fraction of sp³-hybridized carbons (Fsp3) is 0.158. The van der Waals surface area contributed by atoms with Crippen molar-refractivity contribution in [3.05, 3.63) is 77.6 Å². The fourth-order valence-electron chi connectivity index (χ4n) is 2.35. The molecule has 5 heteroatoms. The third kappa shape index (κ3) is 3.30. The molecule has 3 aromatic rings. The summed E-state index contributed by atoms with van der Waals surface area (Å²) in [4.78, 5) is 12.4. The average Bonchev–Trinajstić information content (AvgIpc) is 3.06. The molecule has 0 radical (unpaired) electrons. The van der Waals surface area contributed by atoms with E-state index in [0.717, 1.165) is 16.8 Å². The smallest absolute Gasteiger partial charge is 0.363 e. The molecule has 0 saturated carbocycles. The molecule has 0 fully saturated rings. The summed E-state index contributed by atoms with van der Waals surface area (Å²) in [6.45, 7) is 2.18. The van der Waals surface area contributed by atoms with E-state index >= 15 is 0 Å². The maximum atomic E-state index is 12.4. The molecule has 0 saturated heterocycles. The van der Waals surface area contributed by atoms with Crippen LogP contribution in [0, 0.1) is 6.92 Å². The van der Waals surface area contributed by atoms with Crippen molar-refractivity contribution in [1.82, 2.24) is 9.78 Å². The van der Waals surface area contributed by atoms with Crippen molar-refractivity contribution in [2.75, 3.05) is 7.11 Å². The Hall–Kier alpha value is -3.08. The van der Waals surface area contributed by atoms with Crippen molar-refractivity contribution >= 4 is 5.97 Å². The molecule has 5 nitrogen and oxygen atoms in total. The number of rotatable bonds is 5. The molecular formula is C19H18N2O3. The number of methoxy groups -OCH3 is 1. The lowest BCUT2D eigenvalue weighted by molar-refractivity contribution is 0.0461. The van der Waals surface area contributed by atoms with Crippen LogP contribution in [0.25, 0.3) is 5.69 Å². The number of hydrogen-bond acceptors (Lipinski definition) is 4. The van der Waals surface area contributed by atoms with Crippen LogP contribution in [-0.2, 0) is 11.3 Å². The van der Waals surface area contributed by atoms with Crippen molar-refractivity contribution in [3.63, 3.8) is 0 Å². The highest BCUT2D eigenvalue weighted by Gasteiger charge is 2.20. The molecule has 0 aliphatic carbocycles. The second-order valence-corrected chi connectivity index (χ2v) is 5.33. The van der Waals surface area contributed by atoms with Gasteiger partial charge in [-0.2, -0.15) is 5.10 Å². The maximum absolute atomic E-state index is 12.4. The summed E-state index contributed by atoms with van der Waals surface area (Å²) in [6.07, 6.45) is 1.67. The van der Waals surface area contributed by atoms with Gasteiger partial charge in [-0.25, -0.2) is 9.48 Å². The third-order valence-electron chi connectivity index (χ3n) is 3.73. The summed E-state index contributed by atoms with van der Waals surface area (Å²) in [7, 11) is 1.50. The Bertz CT molecular complexity index is 841. The van der Waals surface area contributed by atoms with Crippen LogP contribution in [0.3, 0.4) is 0 Å². The SMILES string of the molecule is COc1cn(-c2ccccc2)nc1C(=O)OCc1ccccc1C. The number of esters is 1. The van der Waals surface area contributed by atoms with Gasteiger partial charge in [-0.1, -0.05) is 42.5 Å². The van der Waals surface area contributed by atoms with Gasteiger partial charge in [-0.3, -0.25) is 0 Å². The lowest BCUT2D eigenvalue weighted by Gasteiger charge is -2.06. The van der Waals surface area contributed by atoms with Gasteiger partial charge in [0.1, 0.15) is 6.61 Å². The van der Waals surface area contributed by atoms with Gasteiger partial charge in [0.2, 0.25) is 5.69 Å². The Labute approximate surface area is 140 Å². The molecule has 0 bridgehead atoms. The van der Waals surface area contributed by atoms with Gasteiger partial charge in [0.25, 0.3) is 0 Å². The van der Waals surface area contributed by atoms with Crippen LogP contribution in [0.4, 0.5) is 0 Å². The van der Waals surface area contributed by atoms with Crippen LogP contribution in [0.1, 0.15) is 21.6 Å². The molecule has 24 heavy (non-hydrogen) atoms. The quantitative estimate of drug-likeness (QED) is 0.674. The first kappa shape index (κ1) is 15.8. The van der Waals surface area contributed by atoms with Crippen molar-refractivity contribution in [3.8, 4) is 11.4 Å². The molecule has 1 heterocycles. The number of aromatic nitrogens is 2. The normalized spacial score (nSPS) is 10.4. The lowest BCUT2D eigenvalue weighted by atomic mass is 10.1. The van der Waals surface area contributed by atoms with E-state index in [1.165, 1.54) is 7.11 Å². The fourth-order valence-corrected chi connectivity index (χ4v) is 2.35. The second-order valence-electron chi connectivity index (χ2n) is 5.33. The van der Waals surface area contributed by atoms with Crippen LogP contribution in [0.5, 0.6) is 5.75 Å². The standard InChI is InChI=1S/C19H18N2O3/c1-14-8-6-7-9-15(14)13-24-19(22)18-17(23-2)12-21(20-18)16-10-4-3-5-11-16/h3-12H,13H2,1-2H3. The predicted octanol–water partition coefficient (Wildman–Crippen LogP) is 3.55. The zero-order valence-electron chi connectivity index (χ0n) is 13.6. The molecule has 0 aliphatic heterocycles. The van der Waals surface area contributed by atoms with Gasteiger partial charge < -0.3 is 9.47 Å². The van der Waals surface area contributed by atoms with E-state index in [4.69, 9.17) is 9.47 Å².